The molecule has 1 aromatic carbocycles. The second-order valence-electron chi connectivity index (χ2n) is 4.94. The predicted octanol–water partition coefficient (Wildman–Crippen LogP) is 0.874. The average molecular weight is 332 g/mol. The molecule has 0 atom stereocenters. The summed E-state index contributed by atoms with van der Waals surface area (Å²) in [4.78, 5) is 19.7. The summed E-state index contributed by atoms with van der Waals surface area (Å²) < 4.78 is 24.4. The third-order valence-electron chi connectivity index (χ3n) is 3.18. The van der Waals surface area contributed by atoms with Crippen molar-refractivity contribution in [2.24, 2.45) is 16.5 Å². The Morgan fingerprint density at radius 3 is 2.39 bits per heavy atom. The number of sulfone groups is 1. The van der Waals surface area contributed by atoms with Crippen molar-refractivity contribution in [1.82, 2.24) is 4.98 Å². The molecule has 23 heavy (non-hydrogen) atoms. The van der Waals surface area contributed by atoms with Gasteiger partial charge in [-0.05, 0) is 30.7 Å². The maximum absolute atomic E-state index is 12.2. The zero-order chi connectivity index (χ0) is 17.2. The number of rotatable bonds is 3. The van der Waals surface area contributed by atoms with Crippen LogP contribution in [0.2, 0.25) is 0 Å². The lowest BCUT2D eigenvalue weighted by molar-refractivity contribution is 0.100. The molecule has 0 saturated heterocycles. The fourth-order valence-corrected chi connectivity index (χ4v) is 3.54. The third-order valence-corrected chi connectivity index (χ3v) is 4.45. The standard InChI is InChI=1S/C15H16N4O3S/c1-9-10(14(20)19-15(16)17)6-7-11(13(9)23(2,21)22)12-5-3-4-8-18-12/h3-8H,1-2H3,(H4,16,17,19,20). The Bertz CT molecular complexity index is 886. The van der Waals surface area contributed by atoms with E-state index in [0.29, 0.717) is 11.3 Å². The zero-order valence-electron chi connectivity index (χ0n) is 12.6. The van der Waals surface area contributed by atoms with Gasteiger partial charge in [-0.3, -0.25) is 9.78 Å². The number of benzene rings is 1. The van der Waals surface area contributed by atoms with E-state index in [-0.39, 0.29) is 22.0 Å². The molecule has 0 bridgehead atoms. The molecule has 120 valence electrons. The van der Waals surface area contributed by atoms with Crippen LogP contribution in [0.3, 0.4) is 0 Å². The van der Waals surface area contributed by atoms with E-state index in [0.717, 1.165) is 6.26 Å². The molecule has 2 rings (SSSR count). The van der Waals surface area contributed by atoms with Gasteiger partial charge in [0.15, 0.2) is 15.8 Å². The number of aromatic nitrogens is 1. The number of pyridine rings is 1. The molecule has 0 radical (unpaired) electrons. The fraction of sp³-hybridized carbons (Fsp3) is 0.133. The summed E-state index contributed by atoms with van der Waals surface area (Å²) in [7, 11) is -3.60. The first kappa shape index (κ1) is 16.6. The van der Waals surface area contributed by atoms with E-state index < -0.39 is 15.7 Å². The van der Waals surface area contributed by atoms with Gasteiger partial charge >= 0.3 is 0 Å². The number of aliphatic imine (C=N–C) groups is 1. The van der Waals surface area contributed by atoms with E-state index in [9.17, 15) is 13.2 Å². The number of amides is 1. The quantitative estimate of drug-likeness (QED) is 0.634. The number of carbonyl (C=O) groups is 1. The smallest absolute Gasteiger partial charge is 0.280 e. The third kappa shape index (κ3) is 3.54. The Kier molecular flexibility index (Phi) is 4.46. The number of nitrogens with zero attached hydrogens (tertiary/aromatic N) is 2. The molecule has 0 aliphatic heterocycles. The molecule has 0 spiro atoms. The van der Waals surface area contributed by atoms with Gasteiger partial charge in [0, 0.05) is 23.6 Å². The molecule has 1 amide bonds. The number of hydrogen-bond acceptors (Lipinski definition) is 4. The van der Waals surface area contributed by atoms with E-state index >= 15 is 0 Å². The summed E-state index contributed by atoms with van der Waals surface area (Å²) in [6.45, 7) is 1.54. The second-order valence-corrected chi connectivity index (χ2v) is 6.90. The number of guanidine groups is 1. The van der Waals surface area contributed by atoms with Crippen LogP contribution in [0.4, 0.5) is 0 Å². The topological polar surface area (TPSA) is 128 Å². The van der Waals surface area contributed by atoms with Gasteiger partial charge in [0.05, 0.1) is 10.6 Å². The molecule has 0 unspecified atom stereocenters. The molecule has 7 nitrogen and oxygen atoms in total. The van der Waals surface area contributed by atoms with Gasteiger partial charge in [0.2, 0.25) is 0 Å². The first-order valence-corrected chi connectivity index (χ1v) is 8.50. The van der Waals surface area contributed by atoms with Gasteiger partial charge < -0.3 is 11.5 Å². The largest absolute Gasteiger partial charge is 0.370 e. The highest BCUT2D eigenvalue weighted by Gasteiger charge is 2.23. The molecule has 8 heteroatoms. The first-order valence-electron chi connectivity index (χ1n) is 6.61. The molecule has 0 aliphatic carbocycles. The minimum Gasteiger partial charge on any atom is -0.370 e. The molecule has 1 aromatic heterocycles. The lowest BCUT2D eigenvalue weighted by atomic mass is 10.0. The first-order chi connectivity index (χ1) is 10.7. The van der Waals surface area contributed by atoms with Crippen LogP contribution in [0.1, 0.15) is 15.9 Å². The minimum absolute atomic E-state index is 0.0350. The van der Waals surface area contributed by atoms with Crippen molar-refractivity contribution < 1.29 is 13.2 Å². The van der Waals surface area contributed by atoms with E-state index in [1.54, 1.807) is 24.4 Å². The molecule has 0 saturated carbocycles. The van der Waals surface area contributed by atoms with Crippen LogP contribution in [0.15, 0.2) is 46.4 Å². The Morgan fingerprint density at radius 2 is 1.87 bits per heavy atom. The van der Waals surface area contributed by atoms with E-state index in [4.69, 9.17) is 11.5 Å². The van der Waals surface area contributed by atoms with Crippen molar-refractivity contribution in [1.29, 1.82) is 0 Å². The molecular weight excluding hydrogens is 316 g/mol. The van der Waals surface area contributed by atoms with E-state index in [2.05, 4.69) is 9.98 Å². The van der Waals surface area contributed by atoms with Crippen LogP contribution in [0.5, 0.6) is 0 Å². The van der Waals surface area contributed by atoms with E-state index in [1.807, 2.05) is 0 Å². The van der Waals surface area contributed by atoms with Crippen molar-refractivity contribution in [2.45, 2.75) is 11.8 Å². The summed E-state index contributed by atoms with van der Waals surface area (Å²) >= 11 is 0. The Morgan fingerprint density at radius 1 is 1.17 bits per heavy atom. The summed E-state index contributed by atoms with van der Waals surface area (Å²) in [6.07, 6.45) is 2.64. The lowest BCUT2D eigenvalue weighted by Gasteiger charge is -2.13. The van der Waals surface area contributed by atoms with Crippen LogP contribution in [-0.4, -0.2) is 31.5 Å². The zero-order valence-corrected chi connectivity index (χ0v) is 13.5. The highest BCUT2D eigenvalue weighted by atomic mass is 32.2. The molecule has 0 fully saturated rings. The van der Waals surface area contributed by atoms with Gasteiger partial charge in [-0.25, -0.2) is 8.42 Å². The van der Waals surface area contributed by atoms with E-state index in [1.165, 1.54) is 19.1 Å². The monoisotopic (exact) mass is 332 g/mol. The van der Waals surface area contributed by atoms with Crippen molar-refractivity contribution in [3.63, 3.8) is 0 Å². The number of carbonyl (C=O) groups excluding carboxylic acids is 1. The Labute approximate surface area is 134 Å². The highest BCUT2D eigenvalue weighted by molar-refractivity contribution is 7.91. The SMILES string of the molecule is Cc1c(C(=O)N=C(N)N)ccc(-c2ccccn2)c1S(C)(=O)=O. The molecule has 1 heterocycles. The van der Waals surface area contributed by atoms with Crippen molar-refractivity contribution in [3.05, 3.63) is 47.7 Å². The summed E-state index contributed by atoms with van der Waals surface area (Å²) in [5.74, 6) is -1.08. The summed E-state index contributed by atoms with van der Waals surface area (Å²) in [5, 5.41) is 0. The van der Waals surface area contributed by atoms with Crippen molar-refractivity contribution in [3.8, 4) is 11.3 Å². The van der Waals surface area contributed by atoms with Crippen LogP contribution in [0.25, 0.3) is 11.3 Å². The summed E-state index contributed by atoms with van der Waals surface area (Å²) in [6, 6.07) is 8.19. The Balaban J connectivity index is 2.76. The van der Waals surface area contributed by atoms with Crippen molar-refractivity contribution in [2.75, 3.05) is 6.26 Å². The maximum atomic E-state index is 12.2. The second kappa shape index (κ2) is 6.17. The Hall–Kier alpha value is -2.74. The van der Waals surface area contributed by atoms with Gasteiger partial charge in [-0.1, -0.05) is 12.1 Å². The number of hydrogen-bond donors (Lipinski definition) is 2. The van der Waals surface area contributed by atoms with Crippen LogP contribution in [0, 0.1) is 6.92 Å². The van der Waals surface area contributed by atoms with Crippen LogP contribution in [-0.2, 0) is 9.84 Å². The molecule has 0 aliphatic rings. The lowest BCUT2D eigenvalue weighted by Crippen LogP contribution is -2.24. The van der Waals surface area contributed by atoms with Crippen molar-refractivity contribution >= 4 is 21.7 Å². The van der Waals surface area contributed by atoms with Crippen LogP contribution >= 0.6 is 0 Å². The summed E-state index contributed by atoms with van der Waals surface area (Å²) in [5.41, 5.74) is 11.7. The number of nitrogens with two attached hydrogens (primary N) is 2. The average Bonchev–Trinajstić information content (AvgIpc) is 2.45. The molecular formula is C15H16N4O3S. The van der Waals surface area contributed by atoms with Gasteiger partial charge in [0.1, 0.15) is 0 Å². The van der Waals surface area contributed by atoms with Gasteiger partial charge in [0.25, 0.3) is 5.91 Å². The van der Waals surface area contributed by atoms with Crippen LogP contribution < -0.4 is 11.5 Å². The van der Waals surface area contributed by atoms with Gasteiger partial charge in [-0.2, -0.15) is 4.99 Å². The highest BCUT2D eigenvalue weighted by Crippen LogP contribution is 2.31. The molecule has 4 N–H and O–H groups in total. The maximum Gasteiger partial charge on any atom is 0.280 e. The fourth-order valence-electron chi connectivity index (χ4n) is 2.30. The predicted molar refractivity (Wildman–Crippen MR) is 87.7 cm³/mol. The molecule has 2 aromatic rings. The minimum atomic E-state index is -3.60. The normalized spacial score (nSPS) is 11.0. The van der Waals surface area contributed by atoms with Gasteiger partial charge in [-0.15, -0.1) is 0 Å².